The average Bonchev–Trinajstić information content (AvgIpc) is 2.78. The van der Waals surface area contributed by atoms with Crippen LogP contribution in [0.5, 0.6) is 0 Å². The highest BCUT2D eigenvalue weighted by atomic mass is 35.5. The molecule has 0 atom stereocenters. The second-order valence-corrected chi connectivity index (χ2v) is 5.78. The summed E-state index contributed by atoms with van der Waals surface area (Å²) in [4.78, 5) is 14.3. The van der Waals surface area contributed by atoms with Crippen molar-refractivity contribution in [2.24, 2.45) is 7.05 Å². The number of carbonyl (C=O) groups excluding carboxylic acids is 1. The van der Waals surface area contributed by atoms with E-state index in [0.29, 0.717) is 6.42 Å². The number of benzene rings is 2. The van der Waals surface area contributed by atoms with Crippen molar-refractivity contribution in [3.8, 4) is 0 Å². The molecule has 116 valence electrons. The van der Waals surface area contributed by atoms with Crippen LogP contribution >= 0.6 is 12.4 Å². The quantitative estimate of drug-likeness (QED) is 0.682. The zero-order valence-corrected chi connectivity index (χ0v) is 14.0. The first kappa shape index (κ1) is 16.5. The van der Waals surface area contributed by atoms with Gasteiger partial charge in [0.2, 0.25) is 0 Å². The lowest BCUT2D eigenvalue weighted by molar-refractivity contribution is 0.0972. The number of nitrogens with zero attached hydrogens (tertiary/aromatic N) is 2. The fourth-order valence-electron chi connectivity index (χ4n) is 2.80. The van der Waals surface area contributed by atoms with E-state index >= 15 is 0 Å². The second-order valence-electron chi connectivity index (χ2n) is 5.78. The van der Waals surface area contributed by atoms with Crippen molar-refractivity contribution < 1.29 is 4.79 Å². The van der Waals surface area contributed by atoms with Gasteiger partial charge >= 0.3 is 0 Å². The third kappa shape index (κ3) is 2.87. The Bertz CT molecular complexity index is 820. The third-order valence-electron chi connectivity index (χ3n) is 4.02. The van der Waals surface area contributed by atoms with Crippen LogP contribution < -0.4 is 0 Å². The minimum Gasteiger partial charge on any atom is -0.344 e. The number of Topliss-reactive ketones (excluding diaryl/α,β-unsaturated/α-hetero) is 1. The molecule has 3 rings (SSSR count). The number of aryl methyl sites for hydroxylation is 1. The fourth-order valence-corrected chi connectivity index (χ4v) is 2.80. The van der Waals surface area contributed by atoms with Gasteiger partial charge in [0.05, 0.1) is 0 Å². The van der Waals surface area contributed by atoms with Crippen LogP contribution in [-0.4, -0.2) is 35.9 Å². The molecule has 0 fully saturated rings. The van der Waals surface area contributed by atoms with Crippen molar-refractivity contribution in [2.45, 2.75) is 6.42 Å². The maximum Gasteiger partial charge on any atom is 0.164 e. The van der Waals surface area contributed by atoms with Crippen LogP contribution in [0.2, 0.25) is 0 Å². The zero-order chi connectivity index (χ0) is 15.0. The van der Waals surface area contributed by atoms with Crippen molar-refractivity contribution in [1.82, 2.24) is 9.47 Å². The predicted molar refractivity (Wildman–Crippen MR) is 95.2 cm³/mol. The van der Waals surface area contributed by atoms with Crippen LogP contribution in [0, 0.1) is 0 Å². The van der Waals surface area contributed by atoms with Crippen LogP contribution in [-0.2, 0) is 7.05 Å². The Morgan fingerprint density at radius 3 is 2.45 bits per heavy atom. The highest BCUT2D eigenvalue weighted by Crippen LogP contribution is 2.28. The SMILES string of the molecule is CN(C)CCC(=O)c1ccc2c3ccccc3n(C)c2c1.Cl. The Balaban J connectivity index is 0.00000176. The minimum absolute atomic E-state index is 0. The molecule has 0 aliphatic heterocycles. The lowest BCUT2D eigenvalue weighted by Gasteiger charge is -2.08. The number of rotatable bonds is 4. The summed E-state index contributed by atoms with van der Waals surface area (Å²) >= 11 is 0. The molecule has 1 aromatic heterocycles. The maximum absolute atomic E-state index is 12.3. The molecule has 0 bridgehead atoms. The van der Waals surface area contributed by atoms with Crippen molar-refractivity contribution in [3.05, 3.63) is 48.0 Å². The summed E-state index contributed by atoms with van der Waals surface area (Å²) in [7, 11) is 6.03. The number of para-hydroxylation sites is 1. The molecule has 2 aromatic carbocycles. The molecule has 1 heterocycles. The van der Waals surface area contributed by atoms with Gasteiger partial charge in [-0.25, -0.2) is 0 Å². The first-order valence-corrected chi connectivity index (χ1v) is 7.23. The number of halogens is 1. The molecule has 0 N–H and O–H groups in total. The van der Waals surface area contributed by atoms with Crippen LogP contribution in [0.1, 0.15) is 16.8 Å². The molecule has 3 nitrogen and oxygen atoms in total. The van der Waals surface area contributed by atoms with Gasteiger partial charge in [-0.15, -0.1) is 12.4 Å². The maximum atomic E-state index is 12.3. The van der Waals surface area contributed by atoms with E-state index in [1.54, 1.807) is 0 Å². The summed E-state index contributed by atoms with van der Waals surface area (Å²) < 4.78 is 2.16. The van der Waals surface area contributed by atoms with E-state index in [4.69, 9.17) is 0 Å². The summed E-state index contributed by atoms with van der Waals surface area (Å²) in [5.41, 5.74) is 3.12. The Morgan fingerprint density at radius 1 is 1.05 bits per heavy atom. The first-order chi connectivity index (χ1) is 10.1. The van der Waals surface area contributed by atoms with E-state index in [9.17, 15) is 4.79 Å². The molecule has 0 spiro atoms. The Morgan fingerprint density at radius 2 is 1.73 bits per heavy atom. The molecule has 3 aromatic rings. The summed E-state index contributed by atoms with van der Waals surface area (Å²) in [6.07, 6.45) is 0.558. The molecular weight excluding hydrogens is 296 g/mol. The molecule has 4 heteroatoms. The molecule has 22 heavy (non-hydrogen) atoms. The average molecular weight is 317 g/mol. The Labute approximate surface area is 136 Å². The van der Waals surface area contributed by atoms with Gasteiger partial charge in [0, 0.05) is 47.4 Å². The van der Waals surface area contributed by atoms with Crippen LogP contribution in [0.3, 0.4) is 0 Å². The van der Waals surface area contributed by atoms with E-state index in [1.807, 2.05) is 37.2 Å². The molecule has 0 amide bonds. The van der Waals surface area contributed by atoms with Gasteiger partial charge in [-0.05, 0) is 26.2 Å². The largest absolute Gasteiger partial charge is 0.344 e. The number of carbonyl (C=O) groups is 1. The lowest BCUT2D eigenvalue weighted by atomic mass is 10.1. The summed E-state index contributed by atoms with van der Waals surface area (Å²) in [6, 6.07) is 14.4. The molecule has 0 saturated carbocycles. The molecule has 0 aliphatic rings. The number of aromatic nitrogens is 1. The normalized spacial score (nSPS) is 11.1. The van der Waals surface area contributed by atoms with Gasteiger partial charge in [-0.2, -0.15) is 0 Å². The minimum atomic E-state index is 0. The molecular formula is C18H21ClN2O. The highest BCUT2D eigenvalue weighted by molar-refractivity contribution is 6.10. The smallest absolute Gasteiger partial charge is 0.164 e. The van der Waals surface area contributed by atoms with Gasteiger partial charge in [0.15, 0.2) is 5.78 Å². The predicted octanol–water partition coefficient (Wildman–Crippen LogP) is 3.89. The van der Waals surface area contributed by atoms with E-state index < -0.39 is 0 Å². The molecule has 0 unspecified atom stereocenters. The Hall–Kier alpha value is -1.84. The third-order valence-corrected chi connectivity index (χ3v) is 4.02. The number of fused-ring (bicyclic) bond motifs is 3. The number of ketones is 1. The monoisotopic (exact) mass is 316 g/mol. The first-order valence-electron chi connectivity index (χ1n) is 7.23. The van der Waals surface area contributed by atoms with Crippen LogP contribution in [0.4, 0.5) is 0 Å². The topological polar surface area (TPSA) is 25.2 Å². The summed E-state index contributed by atoms with van der Waals surface area (Å²) in [5.74, 6) is 0.204. The molecule has 0 saturated heterocycles. The van der Waals surface area contributed by atoms with Crippen molar-refractivity contribution in [2.75, 3.05) is 20.6 Å². The van der Waals surface area contributed by atoms with Crippen LogP contribution in [0.25, 0.3) is 21.8 Å². The van der Waals surface area contributed by atoms with Gasteiger partial charge < -0.3 is 9.47 Å². The van der Waals surface area contributed by atoms with Gasteiger partial charge in [-0.1, -0.05) is 30.3 Å². The number of hydrogen-bond acceptors (Lipinski definition) is 2. The summed E-state index contributed by atoms with van der Waals surface area (Å²) in [5, 5.41) is 2.44. The van der Waals surface area contributed by atoms with Crippen LogP contribution in [0.15, 0.2) is 42.5 Å². The van der Waals surface area contributed by atoms with E-state index in [1.165, 1.54) is 16.3 Å². The molecule has 0 radical (unpaired) electrons. The van der Waals surface area contributed by atoms with Gasteiger partial charge in [0.1, 0.15) is 0 Å². The number of hydrogen-bond donors (Lipinski definition) is 0. The van der Waals surface area contributed by atoms with Crippen molar-refractivity contribution in [3.63, 3.8) is 0 Å². The van der Waals surface area contributed by atoms with E-state index in [-0.39, 0.29) is 18.2 Å². The van der Waals surface area contributed by atoms with Gasteiger partial charge in [0.25, 0.3) is 0 Å². The van der Waals surface area contributed by atoms with Crippen molar-refractivity contribution in [1.29, 1.82) is 0 Å². The Kier molecular flexibility index (Phi) is 4.89. The van der Waals surface area contributed by atoms with E-state index in [0.717, 1.165) is 17.6 Å². The van der Waals surface area contributed by atoms with Gasteiger partial charge in [-0.3, -0.25) is 4.79 Å². The fraction of sp³-hybridized carbons (Fsp3) is 0.278. The van der Waals surface area contributed by atoms with Crippen molar-refractivity contribution >= 4 is 40.0 Å². The highest BCUT2D eigenvalue weighted by Gasteiger charge is 2.11. The van der Waals surface area contributed by atoms with E-state index in [2.05, 4.69) is 35.9 Å². The lowest BCUT2D eigenvalue weighted by Crippen LogP contribution is -2.16. The zero-order valence-electron chi connectivity index (χ0n) is 13.2. The molecule has 0 aliphatic carbocycles. The second kappa shape index (κ2) is 6.51. The standard InChI is InChI=1S/C18H20N2O.ClH/c1-19(2)11-10-18(21)13-8-9-15-14-6-4-5-7-16(14)20(3)17(15)12-13;/h4-9,12H,10-11H2,1-3H3;1H. The summed E-state index contributed by atoms with van der Waals surface area (Å²) in [6.45, 7) is 0.784.